The molecule has 0 radical (unpaired) electrons. The zero-order valence-corrected chi connectivity index (χ0v) is 17.7. The van der Waals surface area contributed by atoms with E-state index in [1.807, 2.05) is 0 Å². The van der Waals surface area contributed by atoms with Gasteiger partial charge in [0.1, 0.15) is 6.54 Å². The SMILES string of the molecule is COc1ccc([C@@H](C)NC(=O)CN(c2ccccc2Cl)S(C)(=O)=O)cc1OC. The Morgan fingerprint density at radius 1 is 1.14 bits per heavy atom. The van der Waals surface area contributed by atoms with Gasteiger partial charge < -0.3 is 14.8 Å². The van der Waals surface area contributed by atoms with Gasteiger partial charge in [0, 0.05) is 0 Å². The van der Waals surface area contributed by atoms with E-state index in [0.29, 0.717) is 11.5 Å². The fourth-order valence-electron chi connectivity index (χ4n) is 2.66. The second-order valence-corrected chi connectivity index (χ2v) is 8.44. The highest BCUT2D eigenvalue weighted by molar-refractivity contribution is 7.92. The summed E-state index contributed by atoms with van der Waals surface area (Å²) in [6, 6.07) is 11.4. The standard InChI is InChI=1S/C19H23ClN2O5S/c1-13(14-9-10-17(26-2)18(11-14)27-3)21-19(23)12-22(28(4,24)25)16-8-6-5-7-15(16)20/h5-11,13H,12H2,1-4H3,(H,21,23)/t13-/m1/s1. The van der Waals surface area contributed by atoms with Crippen molar-refractivity contribution in [1.82, 2.24) is 5.32 Å². The highest BCUT2D eigenvalue weighted by Crippen LogP contribution is 2.30. The lowest BCUT2D eigenvalue weighted by Crippen LogP contribution is -2.41. The van der Waals surface area contributed by atoms with Gasteiger partial charge in [0.05, 0.1) is 37.2 Å². The van der Waals surface area contributed by atoms with Crippen molar-refractivity contribution in [2.45, 2.75) is 13.0 Å². The molecule has 0 spiro atoms. The van der Waals surface area contributed by atoms with Crippen LogP contribution in [0.4, 0.5) is 5.69 Å². The third-order valence-electron chi connectivity index (χ3n) is 4.09. The van der Waals surface area contributed by atoms with E-state index in [9.17, 15) is 13.2 Å². The number of sulfonamides is 1. The molecule has 9 heteroatoms. The van der Waals surface area contributed by atoms with Crippen LogP contribution in [0.2, 0.25) is 5.02 Å². The van der Waals surface area contributed by atoms with E-state index in [2.05, 4.69) is 5.32 Å². The predicted octanol–water partition coefficient (Wildman–Crippen LogP) is 3.00. The Hall–Kier alpha value is -2.45. The second-order valence-electron chi connectivity index (χ2n) is 6.12. The monoisotopic (exact) mass is 426 g/mol. The van der Waals surface area contributed by atoms with Crippen LogP contribution in [0.5, 0.6) is 11.5 Å². The molecule has 0 fully saturated rings. The first-order chi connectivity index (χ1) is 13.2. The molecule has 0 unspecified atom stereocenters. The normalized spacial score (nSPS) is 12.2. The molecule has 1 N–H and O–H groups in total. The van der Waals surface area contributed by atoms with Crippen LogP contribution in [-0.4, -0.2) is 41.3 Å². The Morgan fingerprint density at radius 2 is 1.79 bits per heavy atom. The maximum absolute atomic E-state index is 12.5. The molecule has 0 aliphatic heterocycles. The second kappa shape index (κ2) is 9.16. The van der Waals surface area contributed by atoms with E-state index < -0.39 is 15.9 Å². The van der Waals surface area contributed by atoms with Gasteiger partial charge in [-0.05, 0) is 36.8 Å². The van der Waals surface area contributed by atoms with E-state index in [-0.39, 0.29) is 23.3 Å². The molecular weight excluding hydrogens is 404 g/mol. The summed E-state index contributed by atoms with van der Waals surface area (Å²) in [6.07, 6.45) is 1.03. The smallest absolute Gasteiger partial charge is 0.241 e. The maximum atomic E-state index is 12.5. The highest BCUT2D eigenvalue weighted by atomic mass is 35.5. The summed E-state index contributed by atoms with van der Waals surface area (Å²) in [7, 11) is -0.639. The van der Waals surface area contributed by atoms with Gasteiger partial charge in [0.25, 0.3) is 0 Å². The van der Waals surface area contributed by atoms with Crippen LogP contribution in [-0.2, 0) is 14.8 Å². The zero-order chi connectivity index (χ0) is 20.9. The Morgan fingerprint density at radius 3 is 2.36 bits per heavy atom. The fourth-order valence-corrected chi connectivity index (χ4v) is 3.81. The van der Waals surface area contributed by atoms with Crippen molar-refractivity contribution in [2.75, 3.05) is 31.3 Å². The molecule has 2 rings (SSSR count). The van der Waals surface area contributed by atoms with E-state index >= 15 is 0 Å². The van der Waals surface area contributed by atoms with Gasteiger partial charge in [-0.15, -0.1) is 0 Å². The number of anilines is 1. The lowest BCUT2D eigenvalue weighted by molar-refractivity contribution is -0.120. The van der Waals surface area contributed by atoms with E-state index in [1.54, 1.807) is 49.4 Å². The summed E-state index contributed by atoms with van der Waals surface area (Å²) in [6.45, 7) is 1.40. The fraction of sp³-hybridized carbons (Fsp3) is 0.316. The Balaban J connectivity index is 2.18. The van der Waals surface area contributed by atoms with Crippen molar-refractivity contribution in [1.29, 1.82) is 0 Å². The van der Waals surface area contributed by atoms with Crippen LogP contribution in [0, 0.1) is 0 Å². The number of ether oxygens (including phenoxy) is 2. The Kier molecular flexibility index (Phi) is 7.15. The Bertz CT molecular complexity index is 949. The highest BCUT2D eigenvalue weighted by Gasteiger charge is 2.23. The molecule has 0 aliphatic carbocycles. The van der Waals surface area contributed by atoms with Crippen LogP contribution in [0.1, 0.15) is 18.5 Å². The summed E-state index contributed by atoms with van der Waals surface area (Å²) in [5.41, 5.74) is 1.04. The molecule has 0 saturated heterocycles. The number of amides is 1. The molecule has 0 bridgehead atoms. The lowest BCUT2D eigenvalue weighted by Gasteiger charge is -2.24. The molecule has 0 heterocycles. The van der Waals surface area contributed by atoms with Gasteiger partial charge in [-0.25, -0.2) is 8.42 Å². The molecule has 152 valence electrons. The molecule has 7 nitrogen and oxygen atoms in total. The first-order valence-corrected chi connectivity index (χ1v) is 10.6. The minimum Gasteiger partial charge on any atom is -0.493 e. The molecule has 28 heavy (non-hydrogen) atoms. The number of carbonyl (C=O) groups excluding carboxylic acids is 1. The summed E-state index contributed by atoms with van der Waals surface area (Å²) in [5, 5.41) is 3.04. The Labute approximate surface area is 170 Å². The van der Waals surface area contributed by atoms with Crippen molar-refractivity contribution < 1.29 is 22.7 Å². The van der Waals surface area contributed by atoms with Gasteiger partial charge in [0.2, 0.25) is 15.9 Å². The average molecular weight is 427 g/mol. The van der Waals surface area contributed by atoms with E-state index in [0.717, 1.165) is 16.1 Å². The molecule has 2 aromatic carbocycles. The number of hydrogen-bond donors (Lipinski definition) is 1. The molecule has 2 aromatic rings. The minimum atomic E-state index is -3.70. The van der Waals surface area contributed by atoms with Gasteiger partial charge >= 0.3 is 0 Å². The first kappa shape index (κ1) is 21.8. The molecular formula is C19H23ClN2O5S. The number of rotatable bonds is 8. The predicted molar refractivity (Wildman–Crippen MR) is 110 cm³/mol. The summed E-state index contributed by atoms with van der Waals surface area (Å²) in [5.74, 6) is 0.648. The molecule has 0 saturated carbocycles. The van der Waals surface area contributed by atoms with Crippen LogP contribution in [0.3, 0.4) is 0 Å². The van der Waals surface area contributed by atoms with Crippen LogP contribution in [0.25, 0.3) is 0 Å². The lowest BCUT2D eigenvalue weighted by atomic mass is 10.1. The summed E-state index contributed by atoms with van der Waals surface area (Å²) < 4.78 is 35.8. The molecule has 1 atom stereocenters. The van der Waals surface area contributed by atoms with Crippen LogP contribution >= 0.6 is 11.6 Å². The number of hydrogen-bond acceptors (Lipinski definition) is 5. The third-order valence-corrected chi connectivity index (χ3v) is 5.54. The number of para-hydroxylation sites is 1. The van der Waals surface area contributed by atoms with Crippen molar-refractivity contribution in [3.05, 3.63) is 53.1 Å². The van der Waals surface area contributed by atoms with Gasteiger partial charge in [-0.3, -0.25) is 9.10 Å². The summed E-state index contributed by atoms with van der Waals surface area (Å²) in [4.78, 5) is 12.5. The van der Waals surface area contributed by atoms with Crippen molar-refractivity contribution in [3.63, 3.8) is 0 Å². The van der Waals surface area contributed by atoms with Crippen molar-refractivity contribution in [2.24, 2.45) is 0 Å². The van der Waals surface area contributed by atoms with Crippen LogP contribution < -0.4 is 19.1 Å². The van der Waals surface area contributed by atoms with Crippen molar-refractivity contribution >= 4 is 33.2 Å². The van der Waals surface area contributed by atoms with Gasteiger partial charge in [-0.2, -0.15) is 0 Å². The summed E-state index contributed by atoms with van der Waals surface area (Å²) >= 11 is 6.11. The van der Waals surface area contributed by atoms with Crippen LogP contribution in [0.15, 0.2) is 42.5 Å². The topological polar surface area (TPSA) is 84.9 Å². The molecule has 0 aromatic heterocycles. The number of benzene rings is 2. The van der Waals surface area contributed by atoms with Gasteiger partial charge in [0.15, 0.2) is 11.5 Å². The minimum absolute atomic E-state index is 0.244. The van der Waals surface area contributed by atoms with E-state index in [1.165, 1.54) is 14.2 Å². The third kappa shape index (κ3) is 5.30. The number of carbonyl (C=O) groups is 1. The number of methoxy groups -OCH3 is 2. The number of nitrogens with zero attached hydrogens (tertiary/aromatic N) is 1. The first-order valence-electron chi connectivity index (χ1n) is 8.41. The molecule has 0 aliphatic rings. The molecule has 1 amide bonds. The number of halogens is 1. The average Bonchev–Trinajstić information content (AvgIpc) is 2.65. The maximum Gasteiger partial charge on any atom is 0.241 e. The number of nitrogens with one attached hydrogen (secondary N) is 1. The van der Waals surface area contributed by atoms with E-state index in [4.69, 9.17) is 21.1 Å². The quantitative estimate of drug-likeness (QED) is 0.701. The largest absolute Gasteiger partial charge is 0.493 e. The zero-order valence-electron chi connectivity index (χ0n) is 16.1. The van der Waals surface area contributed by atoms with Crippen molar-refractivity contribution in [3.8, 4) is 11.5 Å². The van der Waals surface area contributed by atoms with Gasteiger partial charge in [-0.1, -0.05) is 29.8 Å².